The summed E-state index contributed by atoms with van der Waals surface area (Å²) in [6, 6.07) is 6.28. The second-order valence-electron chi connectivity index (χ2n) is 5.35. The van der Waals surface area contributed by atoms with Crippen molar-refractivity contribution < 1.29 is 4.42 Å². The molecule has 1 saturated heterocycles. The molecule has 1 atom stereocenters. The molecule has 1 aromatic heterocycles. The third kappa shape index (κ3) is 3.14. The van der Waals surface area contributed by atoms with Gasteiger partial charge in [0.2, 0.25) is 0 Å². The molecule has 1 unspecified atom stereocenters. The SMILES string of the molecule is Cc1nc2cc(CCNCC3CCNC3)ccc2o1. The average Bonchev–Trinajstić information content (AvgIpc) is 3.02. The summed E-state index contributed by atoms with van der Waals surface area (Å²) >= 11 is 0. The first kappa shape index (κ1) is 12.6. The lowest BCUT2D eigenvalue weighted by atomic mass is 10.1. The van der Waals surface area contributed by atoms with E-state index >= 15 is 0 Å². The predicted molar refractivity (Wildman–Crippen MR) is 76.3 cm³/mol. The van der Waals surface area contributed by atoms with Crippen molar-refractivity contribution in [3.8, 4) is 0 Å². The fourth-order valence-corrected chi connectivity index (χ4v) is 2.67. The van der Waals surface area contributed by atoms with Crippen LogP contribution in [0.3, 0.4) is 0 Å². The topological polar surface area (TPSA) is 50.1 Å². The normalized spacial score (nSPS) is 19.3. The van der Waals surface area contributed by atoms with Crippen LogP contribution in [0.4, 0.5) is 0 Å². The molecule has 3 rings (SSSR count). The molecule has 1 aliphatic rings. The van der Waals surface area contributed by atoms with Crippen LogP contribution in [0.25, 0.3) is 11.1 Å². The Kier molecular flexibility index (Phi) is 3.80. The molecule has 4 nitrogen and oxygen atoms in total. The maximum Gasteiger partial charge on any atom is 0.192 e. The van der Waals surface area contributed by atoms with Crippen LogP contribution >= 0.6 is 0 Å². The first-order valence-corrected chi connectivity index (χ1v) is 7.09. The Morgan fingerprint density at radius 1 is 1.47 bits per heavy atom. The van der Waals surface area contributed by atoms with E-state index in [0.717, 1.165) is 49.0 Å². The minimum absolute atomic E-state index is 0.735. The van der Waals surface area contributed by atoms with Gasteiger partial charge in [-0.25, -0.2) is 4.98 Å². The highest BCUT2D eigenvalue weighted by atomic mass is 16.3. The first-order chi connectivity index (χ1) is 9.31. The number of oxazole rings is 1. The van der Waals surface area contributed by atoms with Crippen LogP contribution in [-0.2, 0) is 6.42 Å². The van der Waals surface area contributed by atoms with E-state index in [4.69, 9.17) is 4.42 Å². The molecule has 2 aromatic rings. The lowest BCUT2D eigenvalue weighted by Gasteiger charge is -2.09. The second-order valence-corrected chi connectivity index (χ2v) is 5.35. The van der Waals surface area contributed by atoms with Gasteiger partial charge in [0.25, 0.3) is 0 Å². The van der Waals surface area contributed by atoms with E-state index in [9.17, 15) is 0 Å². The van der Waals surface area contributed by atoms with Gasteiger partial charge in [-0.1, -0.05) is 6.07 Å². The van der Waals surface area contributed by atoms with Gasteiger partial charge in [-0.2, -0.15) is 0 Å². The van der Waals surface area contributed by atoms with Gasteiger partial charge in [-0.05, 0) is 62.6 Å². The molecule has 0 amide bonds. The van der Waals surface area contributed by atoms with Gasteiger partial charge in [0.05, 0.1) is 0 Å². The molecule has 1 fully saturated rings. The number of benzene rings is 1. The van der Waals surface area contributed by atoms with Crippen LogP contribution < -0.4 is 10.6 Å². The number of aryl methyl sites for hydroxylation is 1. The van der Waals surface area contributed by atoms with Crippen molar-refractivity contribution in [2.45, 2.75) is 19.8 Å². The molecule has 4 heteroatoms. The number of aromatic nitrogens is 1. The summed E-state index contributed by atoms with van der Waals surface area (Å²) in [4.78, 5) is 4.37. The minimum atomic E-state index is 0.735. The first-order valence-electron chi connectivity index (χ1n) is 7.09. The van der Waals surface area contributed by atoms with Crippen LogP contribution in [0.1, 0.15) is 17.9 Å². The summed E-state index contributed by atoms with van der Waals surface area (Å²) in [5.41, 5.74) is 3.17. The van der Waals surface area contributed by atoms with Gasteiger partial charge in [-0.15, -0.1) is 0 Å². The van der Waals surface area contributed by atoms with Crippen molar-refractivity contribution in [1.82, 2.24) is 15.6 Å². The standard InChI is InChI=1S/C15H21N3O/c1-11-18-14-8-12(2-3-15(14)19-11)4-6-16-9-13-5-7-17-10-13/h2-3,8,13,16-17H,4-7,9-10H2,1H3. The fraction of sp³-hybridized carbons (Fsp3) is 0.533. The van der Waals surface area contributed by atoms with Crippen molar-refractivity contribution in [3.63, 3.8) is 0 Å². The zero-order valence-corrected chi connectivity index (χ0v) is 11.4. The average molecular weight is 259 g/mol. The molecule has 0 radical (unpaired) electrons. The van der Waals surface area contributed by atoms with Crippen LogP contribution in [0.15, 0.2) is 22.6 Å². The number of hydrogen-bond donors (Lipinski definition) is 2. The minimum Gasteiger partial charge on any atom is -0.441 e. The predicted octanol–water partition coefficient (Wildman–Crippen LogP) is 1.88. The van der Waals surface area contributed by atoms with E-state index in [2.05, 4.69) is 27.8 Å². The molecule has 0 spiro atoms. The quantitative estimate of drug-likeness (QED) is 0.805. The zero-order chi connectivity index (χ0) is 13.1. The lowest BCUT2D eigenvalue weighted by Crippen LogP contribution is -2.26. The summed E-state index contributed by atoms with van der Waals surface area (Å²) in [5, 5.41) is 6.94. The highest BCUT2D eigenvalue weighted by Gasteiger charge is 2.13. The summed E-state index contributed by atoms with van der Waals surface area (Å²) in [7, 11) is 0. The monoisotopic (exact) mass is 259 g/mol. The number of fused-ring (bicyclic) bond motifs is 1. The molecule has 1 aromatic carbocycles. The maximum atomic E-state index is 5.48. The second kappa shape index (κ2) is 5.72. The van der Waals surface area contributed by atoms with E-state index in [0.29, 0.717) is 0 Å². The van der Waals surface area contributed by atoms with E-state index in [1.54, 1.807) is 0 Å². The van der Waals surface area contributed by atoms with Gasteiger partial charge < -0.3 is 15.1 Å². The summed E-state index contributed by atoms with van der Waals surface area (Å²) in [5.74, 6) is 1.54. The molecule has 0 aliphatic carbocycles. The van der Waals surface area contributed by atoms with E-state index in [1.807, 2.05) is 13.0 Å². The molecule has 19 heavy (non-hydrogen) atoms. The summed E-state index contributed by atoms with van der Waals surface area (Å²) in [6.07, 6.45) is 2.35. The Bertz CT molecular complexity index is 543. The molecule has 1 aliphatic heterocycles. The maximum absolute atomic E-state index is 5.48. The summed E-state index contributed by atoms with van der Waals surface area (Å²) < 4.78 is 5.48. The van der Waals surface area contributed by atoms with E-state index < -0.39 is 0 Å². The van der Waals surface area contributed by atoms with Crippen molar-refractivity contribution in [2.24, 2.45) is 5.92 Å². The van der Waals surface area contributed by atoms with Crippen LogP contribution in [-0.4, -0.2) is 31.2 Å². The smallest absolute Gasteiger partial charge is 0.192 e. The van der Waals surface area contributed by atoms with Crippen LogP contribution in [0, 0.1) is 12.8 Å². The van der Waals surface area contributed by atoms with Crippen molar-refractivity contribution in [3.05, 3.63) is 29.7 Å². The highest BCUT2D eigenvalue weighted by molar-refractivity contribution is 5.73. The largest absolute Gasteiger partial charge is 0.441 e. The number of hydrogen-bond acceptors (Lipinski definition) is 4. The molecule has 2 heterocycles. The molecule has 0 bridgehead atoms. The van der Waals surface area contributed by atoms with Gasteiger partial charge in [0.15, 0.2) is 11.5 Å². The Hall–Kier alpha value is -1.39. The zero-order valence-electron chi connectivity index (χ0n) is 11.4. The van der Waals surface area contributed by atoms with Gasteiger partial charge >= 0.3 is 0 Å². The van der Waals surface area contributed by atoms with Gasteiger partial charge in [0, 0.05) is 6.92 Å². The fourth-order valence-electron chi connectivity index (χ4n) is 2.67. The van der Waals surface area contributed by atoms with Crippen LogP contribution in [0.2, 0.25) is 0 Å². The van der Waals surface area contributed by atoms with E-state index in [1.165, 1.54) is 18.5 Å². The number of nitrogens with one attached hydrogen (secondary N) is 2. The van der Waals surface area contributed by atoms with Crippen LogP contribution in [0.5, 0.6) is 0 Å². The molecular weight excluding hydrogens is 238 g/mol. The number of rotatable bonds is 5. The molecular formula is C15H21N3O. The Labute approximate surface area is 113 Å². The number of nitrogens with zero attached hydrogens (tertiary/aromatic N) is 1. The third-order valence-electron chi connectivity index (χ3n) is 3.74. The van der Waals surface area contributed by atoms with Crippen molar-refractivity contribution in [2.75, 3.05) is 26.2 Å². The van der Waals surface area contributed by atoms with Crippen molar-refractivity contribution in [1.29, 1.82) is 0 Å². The van der Waals surface area contributed by atoms with Gasteiger partial charge in [0.1, 0.15) is 5.52 Å². The molecule has 2 N–H and O–H groups in total. The third-order valence-corrected chi connectivity index (χ3v) is 3.74. The highest BCUT2D eigenvalue weighted by Crippen LogP contribution is 2.16. The molecule has 102 valence electrons. The summed E-state index contributed by atoms with van der Waals surface area (Å²) in [6.45, 7) is 6.37. The Morgan fingerprint density at radius 3 is 3.26 bits per heavy atom. The van der Waals surface area contributed by atoms with E-state index in [-0.39, 0.29) is 0 Å². The lowest BCUT2D eigenvalue weighted by molar-refractivity contribution is 0.515. The molecule has 0 saturated carbocycles. The Balaban J connectivity index is 1.50. The van der Waals surface area contributed by atoms with Gasteiger partial charge in [-0.3, -0.25) is 0 Å². The Morgan fingerprint density at radius 2 is 2.42 bits per heavy atom. The van der Waals surface area contributed by atoms with Crippen molar-refractivity contribution >= 4 is 11.1 Å².